The predicted molar refractivity (Wildman–Crippen MR) is 57.1 cm³/mol. The number of pyridine rings is 1. The van der Waals surface area contributed by atoms with Crippen LogP contribution in [0.5, 0.6) is 0 Å². The number of nitrogens with zero attached hydrogens (tertiary/aromatic N) is 1. The van der Waals surface area contributed by atoms with Gasteiger partial charge in [-0.1, -0.05) is 0 Å². The van der Waals surface area contributed by atoms with E-state index in [1.165, 1.54) is 0 Å². The van der Waals surface area contributed by atoms with Crippen molar-refractivity contribution in [1.29, 1.82) is 0 Å². The largest absolute Gasteiger partial charge is 0.392 e. The maximum absolute atomic E-state index is 10.7. The molecule has 1 rings (SSSR count). The summed E-state index contributed by atoms with van der Waals surface area (Å²) in [6.45, 7) is 1.78. The Labute approximate surface area is 88.3 Å². The van der Waals surface area contributed by atoms with Crippen molar-refractivity contribution in [3.63, 3.8) is 0 Å². The van der Waals surface area contributed by atoms with Gasteiger partial charge in [-0.3, -0.25) is 9.78 Å². The van der Waals surface area contributed by atoms with Gasteiger partial charge >= 0.3 is 0 Å². The number of primary amides is 1. The molecule has 1 aromatic rings. The molecular weight excluding hydrogens is 194 g/mol. The molecule has 0 aromatic carbocycles. The van der Waals surface area contributed by atoms with Crippen LogP contribution in [0, 0.1) is 0 Å². The summed E-state index contributed by atoms with van der Waals surface area (Å²) in [6, 6.07) is 1.65. The van der Waals surface area contributed by atoms with E-state index in [0.717, 1.165) is 11.3 Å². The minimum Gasteiger partial charge on any atom is -0.392 e. The molecule has 1 heterocycles. The summed E-state index contributed by atoms with van der Waals surface area (Å²) < 4.78 is 0. The molecule has 5 nitrogen and oxygen atoms in total. The van der Waals surface area contributed by atoms with Gasteiger partial charge in [-0.25, -0.2) is 0 Å². The normalized spacial score (nSPS) is 12.1. The Morgan fingerprint density at radius 1 is 1.73 bits per heavy atom. The molecule has 0 spiro atoms. The molecule has 0 saturated heterocycles. The van der Waals surface area contributed by atoms with E-state index in [0.29, 0.717) is 0 Å². The average molecular weight is 209 g/mol. The van der Waals surface area contributed by atoms with E-state index >= 15 is 0 Å². The lowest BCUT2D eigenvalue weighted by Gasteiger charge is -2.15. The van der Waals surface area contributed by atoms with Crippen molar-refractivity contribution in [2.75, 3.05) is 5.32 Å². The van der Waals surface area contributed by atoms with Crippen LogP contribution in [-0.2, 0) is 11.4 Å². The van der Waals surface area contributed by atoms with Gasteiger partial charge in [-0.15, -0.1) is 0 Å². The monoisotopic (exact) mass is 209 g/mol. The third-order valence-corrected chi connectivity index (χ3v) is 1.99. The Bertz CT molecular complexity index is 341. The number of aliphatic hydroxyl groups excluding tert-OH is 1. The van der Waals surface area contributed by atoms with Crippen molar-refractivity contribution in [3.8, 4) is 0 Å². The van der Waals surface area contributed by atoms with E-state index in [-0.39, 0.29) is 25.0 Å². The van der Waals surface area contributed by atoms with Gasteiger partial charge in [0.15, 0.2) is 0 Å². The first-order valence-corrected chi connectivity index (χ1v) is 4.72. The molecule has 5 heteroatoms. The Morgan fingerprint density at radius 3 is 3.07 bits per heavy atom. The van der Waals surface area contributed by atoms with Crippen molar-refractivity contribution in [1.82, 2.24) is 4.98 Å². The van der Waals surface area contributed by atoms with Crippen LogP contribution in [0.25, 0.3) is 0 Å². The van der Waals surface area contributed by atoms with Crippen LogP contribution in [0.1, 0.15) is 18.9 Å². The Hall–Kier alpha value is -1.62. The first-order valence-electron chi connectivity index (χ1n) is 4.72. The van der Waals surface area contributed by atoms with Crippen LogP contribution in [0.15, 0.2) is 18.5 Å². The van der Waals surface area contributed by atoms with Gasteiger partial charge in [-0.05, 0) is 13.0 Å². The van der Waals surface area contributed by atoms with E-state index in [2.05, 4.69) is 10.3 Å². The summed E-state index contributed by atoms with van der Waals surface area (Å²) in [6.07, 6.45) is 3.47. The fraction of sp³-hybridized carbons (Fsp3) is 0.400. The van der Waals surface area contributed by atoms with Crippen molar-refractivity contribution >= 4 is 11.6 Å². The Morgan fingerprint density at radius 2 is 2.47 bits per heavy atom. The number of carbonyl (C=O) groups is 1. The van der Waals surface area contributed by atoms with Crippen molar-refractivity contribution in [2.45, 2.75) is 26.0 Å². The van der Waals surface area contributed by atoms with Gasteiger partial charge in [0.05, 0.1) is 18.5 Å². The molecule has 0 fully saturated rings. The SMILES string of the molecule is CC(CC(N)=O)Nc1cnccc1CO. The molecule has 1 unspecified atom stereocenters. The second kappa shape index (κ2) is 5.31. The molecule has 82 valence electrons. The van der Waals surface area contributed by atoms with Gasteiger partial charge in [0.1, 0.15) is 0 Å². The summed E-state index contributed by atoms with van der Waals surface area (Å²) >= 11 is 0. The third kappa shape index (κ3) is 3.55. The molecule has 1 aromatic heterocycles. The summed E-state index contributed by atoms with van der Waals surface area (Å²) in [5.41, 5.74) is 6.56. The second-order valence-corrected chi connectivity index (χ2v) is 3.41. The molecule has 1 amide bonds. The molecule has 0 aliphatic carbocycles. The molecule has 1 atom stereocenters. The van der Waals surface area contributed by atoms with Crippen LogP contribution in [0.4, 0.5) is 5.69 Å². The molecule has 0 saturated carbocycles. The standard InChI is InChI=1S/C10H15N3O2/c1-7(4-10(11)15)13-9-5-12-3-2-8(9)6-14/h2-3,5,7,13-14H,4,6H2,1H3,(H2,11,15). The highest BCUT2D eigenvalue weighted by Crippen LogP contribution is 2.14. The fourth-order valence-corrected chi connectivity index (χ4v) is 1.31. The van der Waals surface area contributed by atoms with Crippen LogP contribution in [0.3, 0.4) is 0 Å². The zero-order valence-corrected chi connectivity index (χ0v) is 8.60. The number of aliphatic hydroxyl groups is 1. The summed E-state index contributed by atoms with van der Waals surface area (Å²) in [5.74, 6) is -0.357. The van der Waals surface area contributed by atoms with Crippen LogP contribution < -0.4 is 11.1 Å². The highest BCUT2D eigenvalue weighted by atomic mass is 16.3. The zero-order chi connectivity index (χ0) is 11.3. The van der Waals surface area contributed by atoms with Gasteiger partial charge in [0, 0.05) is 24.2 Å². The average Bonchev–Trinajstić information content (AvgIpc) is 2.17. The third-order valence-electron chi connectivity index (χ3n) is 1.99. The number of hydrogen-bond donors (Lipinski definition) is 3. The molecule has 0 aliphatic heterocycles. The highest BCUT2D eigenvalue weighted by Gasteiger charge is 2.08. The fourth-order valence-electron chi connectivity index (χ4n) is 1.31. The van der Waals surface area contributed by atoms with E-state index in [9.17, 15) is 4.79 Å². The minimum absolute atomic E-state index is 0.0614. The Kier molecular flexibility index (Phi) is 4.05. The second-order valence-electron chi connectivity index (χ2n) is 3.41. The smallest absolute Gasteiger partial charge is 0.219 e. The first-order chi connectivity index (χ1) is 7.13. The number of aromatic nitrogens is 1. The minimum atomic E-state index is -0.357. The number of anilines is 1. The van der Waals surface area contributed by atoms with Gasteiger partial charge in [0.2, 0.25) is 5.91 Å². The van der Waals surface area contributed by atoms with Crippen LogP contribution in [0.2, 0.25) is 0 Å². The number of hydrogen-bond acceptors (Lipinski definition) is 4. The molecule has 15 heavy (non-hydrogen) atoms. The molecule has 0 radical (unpaired) electrons. The number of carbonyl (C=O) groups excluding carboxylic acids is 1. The first kappa shape index (κ1) is 11.5. The number of nitrogens with two attached hydrogens (primary N) is 1. The highest BCUT2D eigenvalue weighted by molar-refractivity contribution is 5.75. The van der Waals surface area contributed by atoms with Crippen molar-refractivity contribution in [3.05, 3.63) is 24.0 Å². The molecular formula is C10H15N3O2. The van der Waals surface area contributed by atoms with E-state index in [1.807, 2.05) is 6.92 Å². The van der Waals surface area contributed by atoms with Gasteiger partial charge in [0.25, 0.3) is 0 Å². The lowest BCUT2D eigenvalue weighted by molar-refractivity contribution is -0.118. The lowest BCUT2D eigenvalue weighted by Crippen LogP contribution is -2.24. The Balaban J connectivity index is 2.67. The topological polar surface area (TPSA) is 88.2 Å². The molecule has 0 bridgehead atoms. The summed E-state index contributed by atoms with van der Waals surface area (Å²) in [7, 11) is 0. The van der Waals surface area contributed by atoms with E-state index in [1.54, 1.807) is 18.5 Å². The van der Waals surface area contributed by atoms with Gasteiger partial charge in [-0.2, -0.15) is 0 Å². The quantitative estimate of drug-likeness (QED) is 0.648. The van der Waals surface area contributed by atoms with Crippen molar-refractivity contribution in [2.24, 2.45) is 5.73 Å². The maximum atomic E-state index is 10.7. The van der Waals surface area contributed by atoms with E-state index in [4.69, 9.17) is 10.8 Å². The summed E-state index contributed by atoms with van der Waals surface area (Å²) in [5, 5.41) is 12.1. The molecule has 0 aliphatic rings. The number of nitrogens with one attached hydrogen (secondary N) is 1. The molecule has 4 N–H and O–H groups in total. The van der Waals surface area contributed by atoms with Crippen molar-refractivity contribution < 1.29 is 9.90 Å². The maximum Gasteiger partial charge on any atom is 0.219 e. The summed E-state index contributed by atoms with van der Waals surface area (Å²) in [4.78, 5) is 14.6. The van der Waals surface area contributed by atoms with Gasteiger partial charge < -0.3 is 16.2 Å². The van der Waals surface area contributed by atoms with Crippen LogP contribution in [-0.4, -0.2) is 22.0 Å². The van der Waals surface area contributed by atoms with Crippen LogP contribution >= 0.6 is 0 Å². The predicted octanol–water partition coefficient (Wildman–Crippen LogP) is 0.250. The zero-order valence-electron chi connectivity index (χ0n) is 8.60. The lowest BCUT2D eigenvalue weighted by atomic mass is 10.2. The number of rotatable bonds is 5. The van der Waals surface area contributed by atoms with E-state index < -0.39 is 0 Å². The number of amides is 1.